The summed E-state index contributed by atoms with van der Waals surface area (Å²) in [6, 6.07) is 8.81. The molecule has 14 nitrogen and oxygen atoms in total. The second-order valence-electron chi connectivity index (χ2n) is 9.87. The second-order valence-corrected chi connectivity index (χ2v) is 9.87. The molecule has 2 fully saturated rings. The molecule has 0 aliphatic carbocycles. The molecule has 222 valence electrons. The third-order valence-electron chi connectivity index (χ3n) is 7.16. The van der Waals surface area contributed by atoms with E-state index < -0.39 is 67.3 Å². The molecule has 1 aromatic heterocycles. The van der Waals surface area contributed by atoms with Gasteiger partial charge in [-0.25, -0.2) is 0 Å². The van der Waals surface area contributed by atoms with Crippen LogP contribution in [0.15, 0.2) is 51.9 Å². The minimum Gasteiger partial charge on any atom is -0.507 e. The van der Waals surface area contributed by atoms with Gasteiger partial charge in [0.2, 0.25) is 11.7 Å². The number of phenolic OH excluding ortho intramolecular Hbond substituents is 1. The van der Waals surface area contributed by atoms with Crippen LogP contribution in [0.25, 0.3) is 22.1 Å². The summed E-state index contributed by atoms with van der Waals surface area (Å²) in [5, 5.41) is 70.9. The van der Waals surface area contributed by atoms with Crippen molar-refractivity contribution in [3.05, 3.63) is 52.9 Å². The standard InChI is InChI=1S/C27H30O14/c1-36-14-6-16(29)19-17(7-14)37-8-15(20(19)30)12-2-4-13(5-3-12)40-25-23(33)22(32)21(31)18(41-25)9-38-26-24(34)27(35,10-28)11-39-26/h2-8,18,21-26,28-29,31-35H,9-11H2,1H3. The largest absolute Gasteiger partial charge is 0.507 e. The lowest BCUT2D eigenvalue weighted by atomic mass is 9.99. The first kappa shape index (κ1) is 29.2. The maximum atomic E-state index is 13.1. The molecular formula is C27H30O14. The van der Waals surface area contributed by atoms with Gasteiger partial charge in [0.05, 0.1) is 32.5 Å². The number of aliphatic hydroxyl groups is 6. The van der Waals surface area contributed by atoms with Crippen LogP contribution < -0.4 is 14.9 Å². The highest BCUT2D eigenvalue weighted by Gasteiger charge is 2.50. The zero-order chi connectivity index (χ0) is 29.5. The summed E-state index contributed by atoms with van der Waals surface area (Å²) in [6.07, 6.45) is -9.27. The summed E-state index contributed by atoms with van der Waals surface area (Å²) in [5.41, 5.74) is -1.63. The number of hydrogen-bond acceptors (Lipinski definition) is 14. The van der Waals surface area contributed by atoms with Gasteiger partial charge in [0.1, 0.15) is 70.6 Å². The molecule has 7 N–H and O–H groups in total. The van der Waals surface area contributed by atoms with Crippen LogP contribution in [0.4, 0.5) is 0 Å². The van der Waals surface area contributed by atoms with Crippen molar-refractivity contribution in [2.24, 2.45) is 0 Å². The third-order valence-corrected chi connectivity index (χ3v) is 7.16. The molecule has 0 saturated carbocycles. The van der Waals surface area contributed by atoms with Gasteiger partial charge < -0.3 is 63.8 Å². The van der Waals surface area contributed by atoms with Crippen LogP contribution in [0.5, 0.6) is 17.2 Å². The highest BCUT2D eigenvalue weighted by atomic mass is 16.7. The van der Waals surface area contributed by atoms with Gasteiger partial charge in [-0.3, -0.25) is 4.79 Å². The number of rotatable bonds is 8. The molecule has 0 radical (unpaired) electrons. The van der Waals surface area contributed by atoms with Crippen molar-refractivity contribution in [1.29, 1.82) is 0 Å². The van der Waals surface area contributed by atoms with Crippen LogP contribution in [0.2, 0.25) is 0 Å². The quantitative estimate of drug-likeness (QED) is 0.167. The minimum atomic E-state index is -1.91. The fraction of sp³-hybridized carbons (Fsp3) is 0.444. The topological polar surface area (TPSA) is 218 Å². The molecule has 2 aliphatic rings. The Kier molecular flexibility index (Phi) is 8.20. The molecule has 8 unspecified atom stereocenters. The van der Waals surface area contributed by atoms with Gasteiger partial charge in [-0.15, -0.1) is 0 Å². The molecule has 2 saturated heterocycles. The van der Waals surface area contributed by atoms with Gasteiger partial charge in [0.25, 0.3) is 0 Å². The van der Waals surface area contributed by atoms with Crippen molar-refractivity contribution < 1.29 is 63.8 Å². The van der Waals surface area contributed by atoms with E-state index in [-0.39, 0.29) is 34.6 Å². The van der Waals surface area contributed by atoms with Crippen LogP contribution in [0, 0.1) is 0 Å². The molecule has 0 bridgehead atoms. The molecule has 14 heteroatoms. The van der Waals surface area contributed by atoms with E-state index in [4.69, 9.17) is 28.1 Å². The van der Waals surface area contributed by atoms with E-state index in [1.165, 1.54) is 49.8 Å². The molecular weight excluding hydrogens is 548 g/mol. The average Bonchev–Trinajstić information content (AvgIpc) is 3.26. The Morgan fingerprint density at radius 3 is 2.39 bits per heavy atom. The number of hydrogen-bond donors (Lipinski definition) is 7. The Morgan fingerprint density at radius 1 is 1.00 bits per heavy atom. The van der Waals surface area contributed by atoms with Gasteiger partial charge in [-0.2, -0.15) is 0 Å². The minimum absolute atomic E-state index is 0.0141. The maximum Gasteiger partial charge on any atom is 0.229 e. The zero-order valence-corrected chi connectivity index (χ0v) is 21.7. The lowest BCUT2D eigenvalue weighted by Crippen LogP contribution is -2.60. The third kappa shape index (κ3) is 5.49. The number of fused-ring (bicyclic) bond motifs is 1. The first-order valence-electron chi connectivity index (χ1n) is 12.6. The highest BCUT2D eigenvalue weighted by molar-refractivity contribution is 5.88. The predicted octanol–water partition coefficient (Wildman–Crippen LogP) is -1.18. The summed E-state index contributed by atoms with van der Waals surface area (Å²) in [5.74, 6) is 0.210. The SMILES string of the molecule is COc1cc(O)c2c(=O)c(-c3ccc(OC4OC(COC5OCC(O)(CO)C5O)C(O)C(O)C4O)cc3)coc2c1. The molecule has 3 heterocycles. The van der Waals surface area contributed by atoms with E-state index in [2.05, 4.69) is 0 Å². The van der Waals surface area contributed by atoms with Gasteiger partial charge in [-0.05, 0) is 17.7 Å². The molecule has 5 rings (SSSR count). The maximum absolute atomic E-state index is 13.1. The van der Waals surface area contributed by atoms with E-state index in [0.717, 1.165) is 0 Å². The molecule has 2 aliphatic heterocycles. The number of phenols is 1. The van der Waals surface area contributed by atoms with Crippen LogP contribution in [-0.2, 0) is 14.2 Å². The predicted molar refractivity (Wildman–Crippen MR) is 137 cm³/mol. The Hall–Kier alpha value is -3.31. The molecule has 3 aromatic rings. The van der Waals surface area contributed by atoms with Gasteiger partial charge in [0.15, 0.2) is 6.29 Å². The van der Waals surface area contributed by atoms with Gasteiger partial charge in [0, 0.05) is 12.1 Å². The lowest BCUT2D eigenvalue weighted by molar-refractivity contribution is -0.289. The summed E-state index contributed by atoms with van der Waals surface area (Å²) in [6.45, 7) is -1.58. The van der Waals surface area contributed by atoms with Gasteiger partial charge in [-0.1, -0.05) is 12.1 Å². The average molecular weight is 579 g/mol. The van der Waals surface area contributed by atoms with E-state index >= 15 is 0 Å². The fourth-order valence-electron chi connectivity index (χ4n) is 4.65. The van der Waals surface area contributed by atoms with E-state index in [0.29, 0.717) is 11.3 Å². The van der Waals surface area contributed by atoms with Crippen LogP contribution in [0.1, 0.15) is 0 Å². The normalized spacial score (nSPS) is 31.8. The van der Waals surface area contributed by atoms with Crippen molar-refractivity contribution in [2.45, 2.75) is 48.7 Å². The number of benzene rings is 2. The number of aromatic hydroxyl groups is 1. The molecule has 0 amide bonds. The Balaban J connectivity index is 1.28. The summed E-state index contributed by atoms with van der Waals surface area (Å²) in [4.78, 5) is 13.1. The fourth-order valence-corrected chi connectivity index (χ4v) is 4.65. The van der Waals surface area contributed by atoms with Crippen LogP contribution in [0.3, 0.4) is 0 Å². The van der Waals surface area contributed by atoms with E-state index in [9.17, 15) is 40.5 Å². The van der Waals surface area contributed by atoms with Crippen LogP contribution in [-0.4, -0.2) is 111 Å². The smallest absolute Gasteiger partial charge is 0.229 e. The Labute approximate surface area is 232 Å². The van der Waals surface area contributed by atoms with Crippen LogP contribution >= 0.6 is 0 Å². The monoisotopic (exact) mass is 578 g/mol. The summed E-state index contributed by atoms with van der Waals surface area (Å²) < 4.78 is 32.5. The van der Waals surface area contributed by atoms with E-state index in [1.54, 1.807) is 0 Å². The first-order valence-corrected chi connectivity index (χ1v) is 12.6. The van der Waals surface area contributed by atoms with Crippen molar-refractivity contribution in [1.82, 2.24) is 0 Å². The zero-order valence-electron chi connectivity index (χ0n) is 21.7. The first-order chi connectivity index (χ1) is 19.6. The summed E-state index contributed by atoms with van der Waals surface area (Å²) in [7, 11) is 1.42. The van der Waals surface area contributed by atoms with Crippen molar-refractivity contribution in [2.75, 3.05) is 26.9 Å². The lowest BCUT2D eigenvalue weighted by Gasteiger charge is -2.40. The molecule has 8 atom stereocenters. The molecule has 0 spiro atoms. The number of methoxy groups -OCH3 is 1. The molecule has 2 aromatic carbocycles. The number of ether oxygens (including phenoxy) is 5. The van der Waals surface area contributed by atoms with Crippen molar-refractivity contribution in [3.63, 3.8) is 0 Å². The van der Waals surface area contributed by atoms with Crippen molar-refractivity contribution in [3.8, 4) is 28.4 Å². The Morgan fingerprint density at radius 2 is 1.73 bits per heavy atom. The highest BCUT2D eigenvalue weighted by Crippen LogP contribution is 2.32. The summed E-state index contributed by atoms with van der Waals surface area (Å²) >= 11 is 0. The second kappa shape index (κ2) is 11.5. The molecule has 41 heavy (non-hydrogen) atoms. The van der Waals surface area contributed by atoms with Gasteiger partial charge >= 0.3 is 0 Å². The van der Waals surface area contributed by atoms with E-state index in [1.807, 2.05) is 0 Å². The van der Waals surface area contributed by atoms with Crippen molar-refractivity contribution >= 4 is 11.0 Å². The Bertz CT molecular complexity index is 1420. The number of aliphatic hydroxyl groups excluding tert-OH is 5.